The summed E-state index contributed by atoms with van der Waals surface area (Å²) in [6.07, 6.45) is 0.881. The topological polar surface area (TPSA) is 75.3 Å². The molecular weight excluding hydrogens is 508 g/mol. The van der Waals surface area contributed by atoms with E-state index in [4.69, 9.17) is 0 Å². The summed E-state index contributed by atoms with van der Waals surface area (Å²) in [4.78, 5) is 39.8. The lowest BCUT2D eigenvalue weighted by Gasteiger charge is -2.24. The summed E-state index contributed by atoms with van der Waals surface area (Å²) in [5.74, 6) is -0.287. The van der Waals surface area contributed by atoms with Crippen LogP contribution in [0.5, 0.6) is 0 Å². The SMILES string of the molecule is CC.CC(C)(C)NC(=O)c1cc(C(C)(C)C)ccc1CCC(=O)Cc1ccc2ccccc2c1C(=O)NC(C)(C)C. The lowest BCUT2D eigenvalue weighted by molar-refractivity contribution is -0.118. The Kier molecular flexibility index (Phi) is 11.1. The van der Waals surface area contributed by atoms with Crippen molar-refractivity contribution in [3.63, 3.8) is 0 Å². The van der Waals surface area contributed by atoms with E-state index < -0.39 is 5.54 Å². The van der Waals surface area contributed by atoms with E-state index in [0.717, 1.165) is 21.9 Å². The van der Waals surface area contributed by atoms with E-state index in [9.17, 15) is 14.4 Å². The van der Waals surface area contributed by atoms with Gasteiger partial charge < -0.3 is 10.6 Å². The van der Waals surface area contributed by atoms with Crippen LogP contribution in [0.15, 0.2) is 54.6 Å². The van der Waals surface area contributed by atoms with Gasteiger partial charge in [0.2, 0.25) is 0 Å². The highest BCUT2D eigenvalue weighted by Crippen LogP contribution is 2.27. The zero-order chi connectivity index (χ0) is 31.2. The summed E-state index contributed by atoms with van der Waals surface area (Å²) in [6, 6.07) is 17.6. The highest BCUT2D eigenvalue weighted by atomic mass is 16.2. The standard InChI is InChI=1S/C34H44N2O3.C2H6/c1-32(2,3)25-18-16-23(28(21-25)30(38)35-33(4,5)6)17-19-26(37)20-24-15-14-22-12-10-11-13-27(22)29(24)31(39)36-34(7,8)9;1-2/h10-16,18,21H,17,19-20H2,1-9H3,(H,35,38)(H,36,39);1-2H3. The van der Waals surface area contributed by atoms with Crippen molar-refractivity contribution in [3.05, 3.63) is 82.4 Å². The fourth-order valence-corrected chi connectivity index (χ4v) is 4.59. The largest absolute Gasteiger partial charge is 0.347 e. The zero-order valence-corrected chi connectivity index (χ0v) is 27.0. The molecule has 3 aromatic rings. The van der Waals surface area contributed by atoms with Gasteiger partial charge in [0.1, 0.15) is 5.78 Å². The number of carbonyl (C=O) groups excluding carboxylic acids is 3. The molecule has 3 rings (SSSR count). The summed E-state index contributed by atoms with van der Waals surface area (Å²) in [5.41, 5.74) is 2.92. The van der Waals surface area contributed by atoms with Gasteiger partial charge in [-0.1, -0.05) is 83.1 Å². The number of Topliss-reactive ketones (excluding diaryl/α,β-unsaturated/α-hetero) is 1. The van der Waals surface area contributed by atoms with Gasteiger partial charge in [0.05, 0.1) is 5.56 Å². The summed E-state index contributed by atoms with van der Waals surface area (Å²) in [6.45, 7) is 22.1. The van der Waals surface area contributed by atoms with Gasteiger partial charge in [-0.05, 0) is 86.9 Å². The molecule has 0 aromatic heterocycles. The molecule has 0 spiro atoms. The second-order valence-corrected chi connectivity index (χ2v) is 13.6. The second-order valence-electron chi connectivity index (χ2n) is 13.6. The molecule has 0 bridgehead atoms. The molecule has 5 heteroatoms. The molecule has 0 atom stereocenters. The van der Waals surface area contributed by atoms with Crippen molar-refractivity contribution in [1.29, 1.82) is 0 Å². The van der Waals surface area contributed by atoms with Crippen LogP contribution in [-0.4, -0.2) is 28.7 Å². The van der Waals surface area contributed by atoms with E-state index in [1.54, 1.807) is 0 Å². The van der Waals surface area contributed by atoms with Gasteiger partial charge in [0.15, 0.2) is 0 Å². The first-order chi connectivity index (χ1) is 18.9. The normalized spacial score (nSPS) is 11.9. The smallest absolute Gasteiger partial charge is 0.252 e. The third-order valence-corrected chi connectivity index (χ3v) is 6.50. The van der Waals surface area contributed by atoms with Gasteiger partial charge in [-0.25, -0.2) is 0 Å². The molecule has 5 nitrogen and oxygen atoms in total. The predicted octanol–water partition coefficient (Wildman–Crippen LogP) is 7.96. The van der Waals surface area contributed by atoms with Crippen molar-refractivity contribution in [2.75, 3.05) is 0 Å². The number of amides is 2. The number of benzene rings is 3. The van der Waals surface area contributed by atoms with E-state index >= 15 is 0 Å². The molecule has 0 fully saturated rings. The molecule has 0 aliphatic heterocycles. The second kappa shape index (κ2) is 13.5. The fourth-order valence-electron chi connectivity index (χ4n) is 4.59. The van der Waals surface area contributed by atoms with Crippen LogP contribution < -0.4 is 10.6 Å². The third kappa shape index (κ3) is 9.84. The minimum absolute atomic E-state index is 0.0252. The van der Waals surface area contributed by atoms with E-state index in [-0.39, 0.29) is 41.4 Å². The molecule has 0 radical (unpaired) electrons. The number of hydrogen-bond acceptors (Lipinski definition) is 3. The highest BCUT2D eigenvalue weighted by molar-refractivity contribution is 6.09. The zero-order valence-electron chi connectivity index (χ0n) is 27.0. The first-order valence-electron chi connectivity index (χ1n) is 14.8. The minimum atomic E-state index is -0.404. The maximum Gasteiger partial charge on any atom is 0.252 e. The number of rotatable bonds is 7. The van der Waals surface area contributed by atoms with Gasteiger partial charge in [0, 0.05) is 29.5 Å². The van der Waals surface area contributed by atoms with E-state index in [1.165, 1.54) is 0 Å². The number of aryl methyl sites for hydroxylation is 1. The Hall–Kier alpha value is -3.47. The van der Waals surface area contributed by atoms with E-state index in [1.807, 2.05) is 110 Å². The van der Waals surface area contributed by atoms with Gasteiger partial charge in [-0.3, -0.25) is 14.4 Å². The fraction of sp³-hybridized carbons (Fsp3) is 0.472. The molecular formula is C36H50N2O3. The third-order valence-electron chi connectivity index (χ3n) is 6.50. The Morgan fingerprint density at radius 3 is 1.83 bits per heavy atom. The summed E-state index contributed by atoms with van der Waals surface area (Å²) < 4.78 is 0. The molecule has 41 heavy (non-hydrogen) atoms. The van der Waals surface area contributed by atoms with Crippen LogP contribution in [0.3, 0.4) is 0 Å². The Bertz CT molecular complexity index is 1380. The maximum atomic E-state index is 13.3. The Balaban J connectivity index is 0.00000287. The van der Waals surface area contributed by atoms with Crippen molar-refractivity contribution in [2.45, 2.75) is 112 Å². The lowest BCUT2D eigenvalue weighted by atomic mass is 9.84. The highest BCUT2D eigenvalue weighted by Gasteiger charge is 2.24. The molecule has 0 unspecified atom stereocenters. The minimum Gasteiger partial charge on any atom is -0.347 e. The van der Waals surface area contributed by atoms with Crippen molar-refractivity contribution >= 4 is 28.4 Å². The van der Waals surface area contributed by atoms with Gasteiger partial charge in [-0.2, -0.15) is 0 Å². The quantitative estimate of drug-likeness (QED) is 0.309. The molecule has 0 aliphatic carbocycles. The number of ketones is 1. The number of fused-ring (bicyclic) bond motifs is 1. The molecule has 0 aliphatic rings. The first-order valence-corrected chi connectivity index (χ1v) is 14.8. The number of carbonyl (C=O) groups is 3. The van der Waals surface area contributed by atoms with Gasteiger partial charge in [-0.15, -0.1) is 0 Å². The van der Waals surface area contributed by atoms with Gasteiger partial charge >= 0.3 is 0 Å². The molecule has 0 saturated heterocycles. The monoisotopic (exact) mass is 558 g/mol. The molecule has 222 valence electrons. The van der Waals surface area contributed by atoms with Crippen LogP contribution in [-0.2, 0) is 23.1 Å². The van der Waals surface area contributed by atoms with E-state index in [0.29, 0.717) is 23.1 Å². The van der Waals surface area contributed by atoms with Crippen molar-refractivity contribution in [2.24, 2.45) is 0 Å². The maximum absolute atomic E-state index is 13.3. The first kappa shape index (κ1) is 33.7. The van der Waals surface area contributed by atoms with Crippen molar-refractivity contribution in [3.8, 4) is 0 Å². The molecule has 3 aromatic carbocycles. The average Bonchev–Trinajstić information content (AvgIpc) is 2.85. The molecule has 0 heterocycles. The molecule has 2 N–H and O–H groups in total. The summed E-state index contributed by atoms with van der Waals surface area (Å²) >= 11 is 0. The number of hydrogen-bond donors (Lipinski definition) is 2. The van der Waals surface area contributed by atoms with Crippen molar-refractivity contribution in [1.82, 2.24) is 10.6 Å². The average molecular weight is 559 g/mol. The van der Waals surface area contributed by atoms with Crippen LogP contribution in [0, 0.1) is 0 Å². The molecule has 2 amide bonds. The van der Waals surface area contributed by atoms with Crippen LogP contribution in [0.25, 0.3) is 10.8 Å². The van der Waals surface area contributed by atoms with Crippen LogP contribution in [0.2, 0.25) is 0 Å². The number of nitrogens with one attached hydrogen (secondary N) is 2. The summed E-state index contributed by atoms with van der Waals surface area (Å²) in [5, 5.41) is 7.93. The Labute approximate surface area is 247 Å². The van der Waals surface area contributed by atoms with Crippen LogP contribution in [0.1, 0.15) is 120 Å². The van der Waals surface area contributed by atoms with E-state index in [2.05, 4.69) is 31.4 Å². The van der Waals surface area contributed by atoms with Crippen LogP contribution >= 0.6 is 0 Å². The van der Waals surface area contributed by atoms with Crippen molar-refractivity contribution < 1.29 is 14.4 Å². The lowest BCUT2D eigenvalue weighted by Crippen LogP contribution is -2.41. The Morgan fingerprint density at radius 1 is 0.683 bits per heavy atom. The predicted molar refractivity (Wildman–Crippen MR) is 172 cm³/mol. The summed E-state index contributed by atoms with van der Waals surface area (Å²) in [7, 11) is 0. The van der Waals surface area contributed by atoms with Gasteiger partial charge in [0.25, 0.3) is 11.8 Å². The van der Waals surface area contributed by atoms with Crippen LogP contribution in [0.4, 0.5) is 0 Å². The molecule has 0 saturated carbocycles. The Morgan fingerprint density at radius 2 is 1.24 bits per heavy atom.